The Morgan fingerprint density at radius 3 is 2.54 bits per heavy atom. The molecule has 26 heavy (non-hydrogen) atoms. The summed E-state index contributed by atoms with van der Waals surface area (Å²) in [5.41, 5.74) is 4.48. The molecule has 6 heteroatoms. The summed E-state index contributed by atoms with van der Waals surface area (Å²) in [7, 11) is 1.71. The quantitative estimate of drug-likeness (QED) is 0.532. The van der Waals surface area contributed by atoms with Gasteiger partial charge in [0, 0.05) is 32.2 Å². The molecule has 0 aliphatic heterocycles. The van der Waals surface area contributed by atoms with Crippen molar-refractivity contribution in [2.24, 2.45) is 4.99 Å². The number of aryl methyl sites for hydroxylation is 2. The predicted octanol–water partition coefficient (Wildman–Crippen LogP) is 3.20. The van der Waals surface area contributed by atoms with Crippen molar-refractivity contribution in [3.8, 4) is 0 Å². The Kier molecular flexibility index (Phi) is 8.15. The van der Waals surface area contributed by atoms with Crippen molar-refractivity contribution >= 4 is 5.96 Å². The van der Waals surface area contributed by atoms with Gasteiger partial charge < -0.3 is 19.9 Å². The molecule has 2 rings (SSSR count). The maximum Gasteiger partial charge on any atom is 0.191 e. The molecule has 1 heterocycles. The largest absolute Gasteiger partial charge is 0.380 e. The van der Waals surface area contributed by atoms with Crippen molar-refractivity contribution in [3.05, 3.63) is 52.4 Å². The number of benzene rings is 1. The van der Waals surface area contributed by atoms with Gasteiger partial charge in [-0.15, -0.1) is 0 Å². The Labute approximate surface area is 156 Å². The van der Waals surface area contributed by atoms with Crippen molar-refractivity contribution in [2.75, 3.05) is 13.7 Å². The minimum absolute atomic E-state index is 0.593. The van der Waals surface area contributed by atoms with E-state index in [0.717, 1.165) is 47.9 Å². The number of aromatic nitrogens is 1. The molecule has 142 valence electrons. The minimum Gasteiger partial charge on any atom is -0.380 e. The first kappa shape index (κ1) is 20.0. The molecule has 1 aromatic carbocycles. The fourth-order valence-corrected chi connectivity index (χ4v) is 2.82. The van der Waals surface area contributed by atoms with Crippen LogP contribution in [0.4, 0.5) is 0 Å². The van der Waals surface area contributed by atoms with Gasteiger partial charge in [0.05, 0.1) is 18.8 Å². The Morgan fingerprint density at radius 1 is 1.12 bits per heavy atom. The maximum atomic E-state index is 5.44. The van der Waals surface area contributed by atoms with Crippen molar-refractivity contribution in [2.45, 2.75) is 53.3 Å². The number of aliphatic imine (C=N–C) groups is 1. The molecule has 0 amide bonds. The lowest BCUT2D eigenvalue weighted by atomic mass is 10.1. The zero-order valence-corrected chi connectivity index (χ0v) is 16.3. The smallest absolute Gasteiger partial charge is 0.191 e. The summed E-state index contributed by atoms with van der Waals surface area (Å²) in [5, 5.41) is 10.9. The molecular weight excluding hydrogens is 328 g/mol. The van der Waals surface area contributed by atoms with Crippen LogP contribution in [0, 0.1) is 0 Å². The fraction of sp³-hybridized carbons (Fsp3) is 0.500. The van der Waals surface area contributed by atoms with E-state index in [4.69, 9.17) is 14.3 Å². The molecule has 0 radical (unpaired) electrons. The van der Waals surface area contributed by atoms with Crippen LogP contribution in [0.15, 0.2) is 33.8 Å². The molecule has 0 saturated carbocycles. The number of nitrogens with one attached hydrogen (secondary N) is 2. The highest BCUT2D eigenvalue weighted by molar-refractivity contribution is 5.79. The summed E-state index contributed by atoms with van der Waals surface area (Å²) >= 11 is 0. The zero-order chi connectivity index (χ0) is 18.8. The summed E-state index contributed by atoms with van der Waals surface area (Å²) in [4.78, 5) is 4.72. The van der Waals surface area contributed by atoms with Crippen LogP contribution in [0.2, 0.25) is 0 Å². The number of ether oxygens (including phenoxy) is 1. The Hall–Kier alpha value is -2.34. The van der Waals surface area contributed by atoms with E-state index in [2.05, 4.69) is 48.7 Å². The summed E-state index contributed by atoms with van der Waals surface area (Å²) in [6.45, 7) is 8.88. The first-order chi connectivity index (χ1) is 12.7. The van der Waals surface area contributed by atoms with Crippen LogP contribution in [0.3, 0.4) is 0 Å². The normalized spacial score (nSPS) is 11.6. The highest BCUT2D eigenvalue weighted by atomic mass is 16.5. The van der Waals surface area contributed by atoms with Crippen LogP contribution in [-0.4, -0.2) is 24.8 Å². The third kappa shape index (κ3) is 5.33. The monoisotopic (exact) mass is 358 g/mol. The van der Waals surface area contributed by atoms with Gasteiger partial charge in [-0.1, -0.05) is 43.3 Å². The van der Waals surface area contributed by atoms with Crippen LogP contribution >= 0.6 is 0 Å². The molecule has 0 aliphatic carbocycles. The molecule has 0 unspecified atom stereocenters. The number of hydrogen-bond donors (Lipinski definition) is 2. The third-order valence-electron chi connectivity index (χ3n) is 4.21. The highest BCUT2D eigenvalue weighted by Crippen LogP contribution is 2.15. The lowest BCUT2D eigenvalue weighted by molar-refractivity contribution is 0.184. The predicted molar refractivity (Wildman–Crippen MR) is 104 cm³/mol. The Bertz CT molecular complexity index is 688. The molecule has 6 nitrogen and oxygen atoms in total. The van der Waals surface area contributed by atoms with E-state index >= 15 is 0 Å². The molecule has 0 aliphatic rings. The van der Waals surface area contributed by atoms with E-state index in [1.807, 2.05) is 12.1 Å². The molecule has 2 aromatic rings. The second-order valence-electron chi connectivity index (χ2n) is 5.99. The molecule has 0 saturated heterocycles. The molecule has 0 fully saturated rings. The average Bonchev–Trinajstić information content (AvgIpc) is 3.07. The molecule has 1 aromatic heterocycles. The Balaban J connectivity index is 2.09. The van der Waals surface area contributed by atoms with Gasteiger partial charge in [0.25, 0.3) is 0 Å². The highest BCUT2D eigenvalue weighted by Gasteiger charge is 2.13. The average molecular weight is 358 g/mol. The van der Waals surface area contributed by atoms with Gasteiger partial charge in [-0.05, 0) is 24.5 Å². The molecule has 0 bridgehead atoms. The van der Waals surface area contributed by atoms with E-state index < -0.39 is 0 Å². The summed E-state index contributed by atoms with van der Waals surface area (Å²) in [5.74, 6) is 1.72. The molecular formula is C20H30N4O2. The van der Waals surface area contributed by atoms with Gasteiger partial charge in [0.2, 0.25) is 0 Å². The van der Waals surface area contributed by atoms with Crippen LogP contribution in [0.25, 0.3) is 0 Å². The van der Waals surface area contributed by atoms with E-state index in [1.54, 1.807) is 7.11 Å². The Morgan fingerprint density at radius 2 is 1.88 bits per heavy atom. The second-order valence-corrected chi connectivity index (χ2v) is 5.99. The lowest BCUT2D eigenvalue weighted by Gasteiger charge is -2.12. The van der Waals surface area contributed by atoms with Crippen LogP contribution < -0.4 is 10.6 Å². The molecule has 0 atom stereocenters. The van der Waals surface area contributed by atoms with Gasteiger partial charge in [0.15, 0.2) is 5.96 Å². The topological polar surface area (TPSA) is 71.7 Å². The summed E-state index contributed by atoms with van der Waals surface area (Å²) in [6.07, 6.45) is 1.70. The first-order valence-electron chi connectivity index (χ1n) is 9.27. The number of methoxy groups -OCH3 is 1. The van der Waals surface area contributed by atoms with Gasteiger partial charge in [-0.3, -0.25) is 0 Å². The number of guanidine groups is 1. The number of nitrogens with zero attached hydrogens (tertiary/aromatic N) is 2. The summed E-state index contributed by atoms with van der Waals surface area (Å²) in [6, 6.07) is 8.22. The fourth-order valence-electron chi connectivity index (χ4n) is 2.82. The summed E-state index contributed by atoms with van der Waals surface area (Å²) < 4.78 is 10.7. The maximum absolute atomic E-state index is 5.44. The standard InChI is InChI=1S/C20H30N4O2/c1-5-18-17(19(6-2)26-24-18)13-23-20(21-7-3)22-12-15-10-8-9-11-16(15)14-25-4/h8-11H,5-7,12-14H2,1-4H3,(H2,21,22,23). The number of rotatable bonds is 9. The SMILES string of the molecule is CCNC(=NCc1ccccc1COC)NCc1c(CC)noc1CC. The van der Waals surface area contributed by atoms with Gasteiger partial charge >= 0.3 is 0 Å². The van der Waals surface area contributed by atoms with E-state index in [-0.39, 0.29) is 0 Å². The van der Waals surface area contributed by atoms with Crippen LogP contribution in [-0.2, 0) is 37.3 Å². The van der Waals surface area contributed by atoms with Crippen molar-refractivity contribution in [1.82, 2.24) is 15.8 Å². The second kappa shape index (κ2) is 10.6. The van der Waals surface area contributed by atoms with Gasteiger partial charge in [-0.2, -0.15) is 0 Å². The van der Waals surface area contributed by atoms with E-state index in [1.165, 1.54) is 5.56 Å². The van der Waals surface area contributed by atoms with Gasteiger partial charge in [0.1, 0.15) is 5.76 Å². The van der Waals surface area contributed by atoms with Crippen LogP contribution in [0.5, 0.6) is 0 Å². The third-order valence-corrected chi connectivity index (χ3v) is 4.21. The minimum atomic E-state index is 0.593. The van der Waals surface area contributed by atoms with Crippen LogP contribution in [0.1, 0.15) is 48.9 Å². The van der Waals surface area contributed by atoms with Gasteiger partial charge in [-0.25, -0.2) is 4.99 Å². The zero-order valence-electron chi connectivity index (χ0n) is 16.3. The lowest BCUT2D eigenvalue weighted by Crippen LogP contribution is -2.37. The number of hydrogen-bond acceptors (Lipinski definition) is 4. The van der Waals surface area contributed by atoms with Crippen molar-refractivity contribution in [1.29, 1.82) is 0 Å². The van der Waals surface area contributed by atoms with E-state index in [0.29, 0.717) is 19.7 Å². The van der Waals surface area contributed by atoms with Crippen molar-refractivity contribution in [3.63, 3.8) is 0 Å². The van der Waals surface area contributed by atoms with E-state index in [9.17, 15) is 0 Å². The molecule has 2 N–H and O–H groups in total. The van der Waals surface area contributed by atoms with Crippen molar-refractivity contribution < 1.29 is 9.26 Å². The molecule has 0 spiro atoms. The first-order valence-corrected chi connectivity index (χ1v) is 9.27.